The van der Waals surface area contributed by atoms with Gasteiger partial charge in [-0.15, -0.1) is 0 Å². The van der Waals surface area contributed by atoms with E-state index in [0.717, 1.165) is 22.1 Å². The highest BCUT2D eigenvalue weighted by Crippen LogP contribution is 2.54. The Morgan fingerprint density at radius 2 is 1.97 bits per heavy atom. The smallest absolute Gasteiger partial charge is 0.359 e. The van der Waals surface area contributed by atoms with Crippen molar-refractivity contribution in [2.24, 2.45) is 0 Å². The quantitative estimate of drug-likeness (QED) is 0.367. The number of esters is 1. The van der Waals surface area contributed by atoms with Gasteiger partial charge in [-0.2, -0.15) is 10.4 Å². The minimum Gasteiger partial charge on any atom is -0.461 e. The first kappa shape index (κ1) is 20.7. The van der Waals surface area contributed by atoms with E-state index in [-0.39, 0.29) is 23.6 Å². The first-order chi connectivity index (χ1) is 15.5. The molecule has 0 bridgehead atoms. The first-order valence-corrected chi connectivity index (χ1v) is 11.4. The van der Waals surface area contributed by atoms with Crippen LogP contribution in [0, 0.1) is 14.9 Å². The summed E-state index contributed by atoms with van der Waals surface area (Å²) in [5.74, 6) is -0.745. The van der Waals surface area contributed by atoms with Crippen molar-refractivity contribution in [1.82, 2.24) is 9.78 Å². The van der Waals surface area contributed by atoms with E-state index >= 15 is 0 Å². The van der Waals surface area contributed by atoms with E-state index in [1.165, 1.54) is 4.68 Å². The maximum absolute atomic E-state index is 13.8. The number of aromatic nitrogens is 2. The monoisotopic (exact) mass is 538 g/mol. The zero-order valence-corrected chi connectivity index (χ0v) is 19.5. The maximum atomic E-state index is 13.8. The number of carbonyl (C=O) groups is 2. The minimum atomic E-state index is -0.527. The third kappa shape index (κ3) is 3.28. The van der Waals surface area contributed by atoms with Crippen molar-refractivity contribution < 1.29 is 14.3 Å². The summed E-state index contributed by atoms with van der Waals surface area (Å²) in [6.45, 7) is 2.46. The van der Waals surface area contributed by atoms with Crippen LogP contribution < -0.4 is 4.90 Å². The lowest BCUT2D eigenvalue weighted by Crippen LogP contribution is -2.44. The van der Waals surface area contributed by atoms with E-state index < -0.39 is 5.97 Å². The Morgan fingerprint density at radius 3 is 2.62 bits per heavy atom. The molecule has 1 amide bonds. The van der Waals surface area contributed by atoms with Gasteiger partial charge < -0.3 is 9.64 Å². The molecular weight excluding hydrogens is 519 g/mol. The van der Waals surface area contributed by atoms with Crippen LogP contribution in [-0.4, -0.2) is 34.8 Å². The largest absolute Gasteiger partial charge is 0.461 e. The lowest BCUT2D eigenvalue weighted by Gasteiger charge is -2.33. The SMILES string of the molecule is CCOC(=O)c1nn(-c2cccc(C#N)c2)c2c1C1(CC1)CN(c1ccc(I)cc1)C2=O. The summed E-state index contributed by atoms with van der Waals surface area (Å²) in [5.41, 5.74) is 2.73. The second-order valence-electron chi connectivity index (χ2n) is 8.01. The van der Waals surface area contributed by atoms with Gasteiger partial charge in [-0.1, -0.05) is 6.07 Å². The molecule has 2 heterocycles. The van der Waals surface area contributed by atoms with Gasteiger partial charge >= 0.3 is 5.97 Å². The lowest BCUT2D eigenvalue weighted by atomic mass is 9.88. The van der Waals surface area contributed by atoms with E-state index in [9.17, 15) is 14.9 Å². The molecule has 5 rings (SSSR count). The first-order valence-electron chi connectivity index (χ1n) is 10.4. The number of nitriles is 1. The number of benzene rings is 2. The number of halogens is 1. The van der Waals surface area contributed by atoms with Crippen LogP contribution in [0.1, 0.15) is 51.9 Å². The molecule has 0 radical (unpaired) electrons. The van der Waals surface area contributed by atoms with Gasteiger partial charge in [0.15, 0.2) is 5.69 Å². The lowest BCUT2D eigenvalue weighted by molar-refractivity contribution is 0.0517. The van der Waals surface area contributed by atoms with Gasteiger partial charge in [-0.05, 0) is 84.8 Å². The van der Waals surface area contributed by atoms with E-state index in [1.807, 2.05) is 24.3 Å². The molecule has 1 aliphatic carbocycles. The van der Waals surface area contributed by atoms with Crippen molar-refractivity contribution in [2.75, 3.05) is 18.1 Å². The molecule has 32 heavy (non-hydrogen) atoms. The van der Waals surface area contributed by atoms with Gasteiger partial charge in [0.05, 0.1) is 23.9 Å². The molecule has 160 valence electrons. The predicted octanol–water partition coefficient (Wildman–Crippen LogP) is 4.22. The average Bonchev–Trinajstić information content (AvgIpc) is 3.45. The van der Waals surface area contributed by atoms with Crippen molar-refractivity contribution in [3.63, 3.8) is 0 Å². The molecule has 8 heteroatoms. The van der Waals surface area contributed by atoms with Crippen LogP contribution in [0.5, 0.6) is 0 Å². The molecule has 1 saturated carbocycles. The number of rotatable bonds is 4. The second kappa shape index (κ2) is 7.74. The molecule has 1 aromatic heterocycles. The third-order valence-electron chi connectivity index (χ3n) is 6.00. The minimum absolute atomic E-state index is 0.192. The molecule has 1 fully saturated rings. The Bertz CT molecular complexity index is 1290. The molecule has 7 nitrogen and oxygen atoms in total. The Morgan fingerprint density at radius 1 is 1.22 bits per heavy atom. The van der Waals surface area contributed by atoms with Crippen molar-refractivity contribution in [1.29, 1.82) is 5.26 Å². The number of hydrogen-bond donors (Lipinski definition) is 0. The Kier molecular flexibility index (Phi) is 5.01. The van der Waals surface area contributed by atoms with E-state index in [0.29, 0.717) is 29.1 Å². The summed E-state index contributed by atoms with van der Waals surface area (Å²) in [4.78, 5) is 28.4. The standard InChI is InChI=1S/C24H19IN4O3/c1-2-32-23(31)20-19-21(29(27-20)18-5-3-4-15(12-18)13-26)22(30)28(14-24(19)10-11-24)17-8-6-16(25)7-9-17/h3-9,12H,2,10-11,14H2,1H3. The van der Waals surface area contributed by atoms with Crippen molar-refractivity contribution in [3.05, 3.63) is 74.6 Å². The van der Waals surface area contributed by atoms with Gasteiger partial charge in [0.1, 0.15) is 5.69 Å². The number of ether oxygens (including phenoxy) is 1. The van der Waals surface area contributed by atoms with Crippen molar-refractivity contribution in [3.8, 4) is 11.8 Å². The van der Waals surface area contributed by atoms with Crippen molar-refractivity contribution >= 4 is 40.2 Å². The maximum Gasteiger partial charge on any atom is 0.359 e. The summed E-state index contributed by atoms with van der Waals surface area (Å²) in [5, 5.41) is 13.9. The number of fused-ring (bicyclic) bond motifs is 2. The summed E-state index contributed by atoms with van der Waals surface area (Å²) in [6, 6.07) is 16.8. The zero-order valence-electron chi connectivity index (χ0n) is 17.3. The van der Waals surface area contributed by atoms with Crippen LogP contribution in [0.3, 0.4) is 0 Å². The second-order valence-corrected chi connectivity index (χ2v) is 9.26. The summed E-state index contributed by atoms with van der Waals surface area (Å²) >= 11 is 2.23. The van der Waals surface area contributed by atoms with E-state index in [4.69, 9.17) is 4.74 Å². The van der Waals surface area contributed by atoms with E-state index in [1.54, 1.807) is 36.1 Å². The normalized spacial score (nSPS) is 15.9. The summed E-state index contributed by atoms with van der Waals surface area (Å²) in [6.07, 6.45) is 1.73. The summed E-state index contributed by atoms with van der Waals surface area (Å²) < 4.78 is 7.86. The fourth-order valence-corrected chi connectivity index (χ4v) is 4.68. The number of amides is 1. The van der Waals surface area contributed by atoms with Crippen LogP contribution in [0.2, 0.25) is 0 Å². The molecule has 0 saturated heterocycles. The molecule has 0 atom stereocenters. The van der Waals surface area contributed by atoms with Gasteiger partial charge in [-0.25, -0.2) is 9.48 Å². The molecular formula is C24H19IN4O3. The number of carbonyl (C=O) groups excluding carboxylic acids is 2. The molecule has 2 aliphatic rings. The van der Waals surface area contributed by atoms with Crippen LogP contribution in [0.25, 0.3) is 5.69 Å². The highest BCUT2D eigenvalue weighted by molar-refractivity contribution is 14.1. The molecule has 3 aromatic rings. The fourth-order valence-electron chi connectivity index (χ4n) is 4.32. The highest BCUT2D eigenvalue weighted by Gasteiger charge is 2.56. The average molecular weight is 538 g/mol. The molecule has 1 aliphatic heterocycles. The van der Waals surface area contributed by atoms with Crippen molar-refractivity contribution in [2.45, 2.75) is 25.2 Å². The van der Waals surface area contributed by atoms with E-state index in [2.05, 4.69) is 33.8 Å². The third-order valence-corrected chi connectivity index (χ3v) is 6.72. The van der Waals surface area contributed by atoms with Gasteiger partial charge in [0.2, 0.25) is 0 Å². The molecule has 1 spiro atoms. The number of hydrogen-bond acceptors (Lipinski definition) is 5. The Labute approximate surface area is 198 Å². The van der Waals surface area contributed by atoms with Crippen LogP contribution in [0.4, 0.5) is 5.69 Å². The van der Waals surface area contributed by atoms with Crippen LogP contribution >= 0.6 is 22.6 Å². The van der Waals surface area contributed by atoms with Gasteiger partial charge in [0, 0.05) is 26.8 Å². The van der Waals surface area contributed by atoms with Crippen LogP contribution in [-0.2, 0) is 10.2 Å². The molecule has 2 aromatic carbocycles. The fraction of sp³-hybridized carbons (Fsp3) is 0.250. The Hall–Kier alpha value is -3.19. The highest BCUT2D eigenvalue weighted by atomic mass is 127. The number of anilines is 1. The summed E-state index contributed by atoms with van der Waals surface area (Å²) in [7, 11) is 0. The zero-order chi connectivity index (χ0) is 22.5. The topological polar surface area (TPSA) is 88.2 Å². The number of nitrogens with zero attached hydrogens (tertiary/aromatic N) is 4. The van der Waals surface area contributed by atoms with Gasteiger partial charge in [0.25, 0.3) is 5.91 Å². The van der Waals surface area contributed by atoms with Gasteiger partial charge in [-0.3, -0.25) is 4.79 Å². The molecule has 0 N–H and O–H groups in total. The van der Waals surface area contributed by atoms with Crippen LogP contribution in [0.15, 0.2) is 48.5 Å². The Balaban J connectivity index is 1.73. The molecule has 0 unspecified atom stereocenters. The predicted molar refractivity (Wildman–Crippen MR) is 126 cm³/mol.